The number of rotatable bonds is 5. The first-order chi connectivity index (χ1) is 7.15. The van der Waals surface area contributed by atoms with Gasteiger partial charge in [0.15, 0.2) is 0 Å². The number of nitro benzene ring substituents is 1. The standard InChI is InChI=1S/C10H13NO4/c1-8-7-9(15-6-5-14-2)3-4-10(8)11(12)13/h3-4,7H,5-6H2,1-2H3. The summed E-state index contributed by atoms with van der Waals surface area (Å²) in [5.74, 6) is 0.621. The van der Waals surface area contributed by atoms with E-state index in [-0.39, 0.29) is 5.69 Å². The largest absolute Gasteiger partial charge is 0.491 e. The Morgan fingerprint density at radius 3 is 2.67 bits per heavy atom. The Hall–Kier alpha value is -1.62. The summed E-state index contributed by atoms with van der Waals surface area (Å²) < 4.78 is 10.1. The molecule has 0 atom stereocenters. The molecule has 0 saturated heterocycles. The van der Waals surface area contributed by atoms with E-state index in [4.69, 9.17) is 9.47 Å². The molecule has 1 rings (SSSR count). The van der Waals surface area contributed by atoms with Crippen LogP contribution in [0.2, 0.25) is 0 Å². The van der Waals surface area contributed by atoms with Crippen LogP contribution in [-0.2, 0) is 4.74 Å². The third kappa shape index (κ3) is 3.21. The Labute approximate surface area is 87.8 Å². The van der Waals surface area contributed by atoms with E-state index in [1.54, 1.807) is 26.2 Å². The topological polar surface area (TPSA) is 61.6 Å². The maximum Gasteiger partial charge on any atom is 0.272 e. The van der Waals surface area contributed by atoms with Gasteiger partial charge < -0.3 is 9.47 Å². The summed E-state index contributed by atoms with van der Waals surface area (Å²) in [6.07, 6.45) is 0. The van der Waals surface area contributed by atoms with Crippen LogP contribution in [0.1, 0.15) is 5.56 Å². The van der Waals surface area contributed by atoms with Crippen LogP contribution < -0.4 is 4.74 Å². The van der Waals surface area contributed by atoms with Crippen LogP contribution in [-0.4, -0.2) is 25.2 Å². The van der Waals surface area contributed by atoms with Crippen molar-refractivity contribution < 1.29 is 14.4 Å². The molecule has 0 aliphatic carbocycles. The van der Waals surface area contributed by atoms with Gasteiger partial charge in [0.2, 0.25) is 0 Å². The molecule has 1 aromatic carbocycles. The van der Waals surface area contributed by atoms with Crippen LogP contribution >= 0.6 is 0 Å². The highest BCUT2D eigenvalue weighted by Crippen LogP contribution is 2.22. The average Bonchev–Trinajstić information content (AvgIpc) is 2.17. The van der Waals surface area contributed by atoms with Gasteiger partial charge in [0.05, 0.1) is 11.5 Å². The summed E-state index contributed by atoms with van der Waals surface area (Å²) in [5.41, 5.74) is 0.698. The average molecular weight is 211 g/mol. The third-order valence-electron chi connectivity index (χ3n) is 1.92. The summed E-state index contributed by atoms with van der Waals surface area (Å²) in [6, 6.07) is 4.67. The van der Waals surface area contributed by atoms with Crippen molar-refractivity contribution in [2.45, 2.75) is 6.92 Å². The van der Waals surface area contributed by atoms with Crippen molar-refractivity contribution in [2.24, 2.45) is 0 Å². The van der Waals surface area contributed by atoms with Crippen molar-refractivity contribution in [2.75, 3.05) is 20.3 Å². The lowest BCUT2D eigenvalue weighted by atomic mass is 10.2. The highest BCUT2D eigenvalue weighted by molar-refractivity contribution is 5.44. The minimum Gasteiger partial charge on any atom is -0.491 e. The van der Waals surface area contributed by atoms with Crippen molar-refractivity contribution in [3.8, 4) is 5.75 Å². The van der Waals surface area contributed by atoms with E-state index in [2.05, 4.69) is 0 Å². The summed E-state index contributed by atoms with van der Waals surface area (Å²) in [7, 11) is 1.59. The quantitative estimate of drug-likeness (QED) is 0.424. The van der Waals surface area contributed by atoms with Crippen LogP contribution in [0.4, 0.5) is 5.69 Å². The normalized spacial score (nSPS) is 10.0. The number of nitro groups is 1. The van der Waals surface area contributed by atoms with Crippen molar-refractivity contribution in [3.05, 3.63) is 33.9 Å². The van der Waals surface area contributed by atoms with E-state index < -0.39 is 4.92 Å². The molecular weight excluding hydrogens is 198 g/mol. The molecule has 0 bridgehead atoms. The van der Waals surface area contributed by atoms with Crippen molar-refractivity contribution >= 4 is 5.69 Å². The lowest BCUT2D eigenvalue weighted by Gasteiger charge is -2.06. The highest BCUT2D eigenvalue weighted by atomic mass is 16.6. The Kier molecular flexibility index (Phi) is 4.05. The van der Waals surface area contributed by atoms with Crippen LogP contribution in [0.5, 0.6) is 5.75 Å². The summed E-state index contributed by atoms with van der Waals surface area (Å²) in [6.45, 7) is 2.62. The van der Waals surface area contributed by atoms with E-state index in [9.17, 15) is 10.1 Å². The second-order valence-electron chi connectivity index (χ2n) is 3.05. The van der Waals surface area contributed by atoms with Gasteiger partial charge in [-0.3, -0.25) is 10.1 Å². The number of aryl methyl sites for hydroxylation is 1. The molecule has 0 aliphatic heterocycles. The number of methoxy groups -OCH3 is 1. The molecule has 0 radical (unpaired) electrons. The maximum absolute atomic E-state index is 10.5. The Morgan fingerprint density at radius 2 is 2.13 bits per heavy atom. The van der Waals surface area contributed by atoms with Gasteiger partial charge in [-0.05, 0) is 19.1 Å². The summed E-state index contributed by atoms with van der Waals surface area (Å²) >= 11 is 0. The predicted molar refractivity (Wildman–Crippen MR) is 55.2 cm³/mol. The lowest BCUT2D eigenvalue weighted by Crippen LogP contribution is -2.04. The molecule has 15 heavy (non-hydrogen) atoms. The maximum atomic E-state index is 10.5. The molecule has 5 nitrogen and oxygen atoms in total. The van der Waals surface area contributed by atoms with Crippen molar-refractivity contribution in [1.82, 2.24) is 0 Å². The number of nitrogens with zero attached hydrogens (tertiary/aromatic N) is 1. The minimum absolute atomic E-state index is 0.106. The van der Waals surface area contributed by atoms with E-state index in [1.165, 1.54) is 6.07 Å². The lowest BCUT2D eigenvalue weighted by molar-refractivity contribution is -0.385. The first-order valence-electron chi connectivity index (χ1n) is 4.52. The van der Waals surface area contributed by atoms with Crippen LogP contribution in [0, 0.1) is 17.0 Å². The zero-order chi connectivity index (χ0) is 11.3. The molecule has 0 unspecified atom stereocenters. The van der Waals surface area contributed by atoms with Gasteiger partial charge in [0.25, 0.3) is 5.69 Å². The molecule has 0 fully saturated rings. The van der Waals surface area contributed by atoms with Gasteiger partial charge in [0, 0.05) is 18.7 Å². The SMILES string of the molecule is COCCOc1ccc([N+](=O)[O-])c(C)c1. The molecule has 82 valence electrons. The molecule has 5 heteroatoms. The monoisotopic (exact) mass is 211 g/mol. The second kappa shape index (κ2) is 5.31. The van der Waals surface area contributed by atoms with Crippen molar-refractivity contribution in [1.29, 1.82) is 0 Å². The zero-order valence-corrected chi connectivity index (χ0v) is 8.73. The van der Waals surface area contributed by atoms with Gasteiger partial charge in [-0.15, -0.1) is 0 Å². The Balaban J connectivity index is 2.69. The van der Waals surface area contributed by atoms with Gasteiger partial charge in [-0.2, -0.15) is 0 Å². The van der Waals surface area contributed by atoms with Crippen LogP contribution in [0.3, 0.4) is 0 Å². The molecule has 0 aromatic heterocycles. The second-order valence-corrected chi connectivity index (χ2v) is 3.05. The van der Waals surface area contributed by atoms with Gasteiger partial charge in [0.1, 0.15) is 12.4 Å². The predicted octanol–water partition coefficient (Wildman–Crippen LogP) is 1.93. The fourth-order valence-corrected chi connectivity index (χ4v) is 1.17. The number of hydrogen-bond donors (Lipinski definition) is 0. The molecule has 0 amide bonds. The van der Waals surface area contributed by atoms with Gasteiger partial charge in [-0.25, -0.2) is 0 Å². The van der Waals surface area contributed by atoms with Crippen molar-refractivity contribution in [3.63, 3.8) is 0 Å². The molecule has 0 saturated carbocycles. The first kappa shape index (κ1) is 11.5. The molecule has 0 N–H and O–H groups in total. The van der Waals surface area contributed by atoms with E-state index >= 15 is 0 Å². The smallest absolute Gasteiger partial charge is 0.272 e. The van der Waals surface area contributed by atoms with Gasteiger partial charge in [-0.1, -0.05) is 0 Å². The van der Waals surface area contributed by atoms with E-state index in [0.717, 1.165) is 0 Å². The minimum atomic E-state index is -0.408. The molecule has 0 aliphatic rings. The molecule has 0 spiro atoms. The summed E-state index contributed by atoms with van der Waals surface area (Å²) in [5, 5.41) is 10.5. The molecular formula is C10H13NO4. The van der Waals surface area contributed by atoms with Crippen LogP contribution in [0.15, 0.2) is 18.2 Å². The zero-order valence-electron chi connectivity index (χ0n) is 8.73. The number of benzene rings is 1. The number of hydrogen-bond acceptors (Lipinski definition) is 4. The van der Waals surface area contributed by atoms with Crippen LogP contribution in [0.25, 0.3) is 0 Å². The molecule has 1 aromatic rings. The summed E-state index contributed by atoms with van der Waals surface area (Å²) in [4.78, 5) is 10.1. The van der Waals surface area contributed by atoms with E-state index in [0.29, 0.717) is 24.5 Å². The molecule has 0 heterocycles. The number of ether oxygens (including phenoxy) is 2. The van der Waals surface area contributed by atoms with E-state index in [1.807, 2.05) is 0 Å². The third-order valence-corrected chi connectivity index (χ3v) is 1.92. The first-order valence-corrected chi connectivity index (χ1v) is 4.52. The fourth-order valence-electron chi connectivity index (χ4n) is 1.17. The fraction of sp³-hybridized carbons (Fsp3) is 0.400. The van der Waals surface area contributed by atoms with Gasteiger partial charge >= 0.3 is 0 Å². The Morgan fingerprint density at radius 1 is 1.40 bits per heavy atom. The highest BCUT2D eigenvalue weighted by Gasteiger charge is 2.10. The Bertz CT molecular complexity index is 351.